The number of hydrogen-bond acceptors (Lipinski definition) is 3. The zero-order chi connectivity index (χ0) is 11.7. The lowest BCUT2D eigenvalue weighted by molar-refractivity contribution is 0.566. The van der Waals surface area contributed by atoms with Crippen LogP contribution < -0.4 is 10.5 Å². The summed E-state index contributed by atoms with van der Waals surface area (Å²) in [5.74, 6) is 0. The molecule has 3 N–H and O–H groups in total. The topological polar surface area (TPSA) is 72.2 Å². The lowest BCUT2D eigenvalue weighted by atomic mass is 10.3. The van der Waals surface area contributed by atoms with Crippen molar-refractivity contribution in [3.05, 3.63) is 24.3 Å². The molecule has 1 aromatic carbocycles. The highest BCUT2D eigenvalue weighted by Crippen LogP contribution is 2.20. The molecule has 0 spiro atoms. The van der Waals surface area contributed by atoms with Gasteiger partial charge < -0.3 is 5.73 Å². The Morgan fingerprint density at radius 1 is 1.27 bits per heavy atom. The number of hydrogen-bond donors (Lipinski definition) is 2. The molecule has 0 aliphatic carbocycles. The molecule has 84 valence electrons. The van der Waals surface area contributed by atoms with Gasteiger partial charge in [0.15, 0.2) is 0 Å². The zero-order valence-corrected chi connectivity index (χ0v) is 9.93. The van der Waals surface area contributed by atoms with Crippen LogP contribution in [0.2, 0.25) is 0 Å². The average Bonchev–Trinajstić information content (AvgIpc) is 2.00. The van der Waals surface area contributed by atoms with Gasteiger partial charge in [-0.25, -0.2) is 8.42 Å². The van der Waals surface area contributed by atoms with Gasteiger partial charge in [-0.05, 0) is 39.0 Å². The lowest BCUT2D eigenvalue weighted by Crippen LogP contribution is -2.33. The average molecular weight is 228 g/mol. The van der Waals surface area contributed by atoms with Gasteiger partial charge in [0.2, 0.25) is 10.0 Å². The van der Waals surface area contributed by atoms with Gasteiger partial charge in [0, 0.05) is 5.69 Å². The molecule has 0 unspecified atom stereocenters. The summed E-state index contributed by atoms with van der Waals surface area (Å²) in [4.78, 5) is 0. The van der Waals surface area contributed by atoms with Gasteiger partial charge in [0.1, 0.15) is 0 Å². The highest BCUT2D eigenvalue weighted by molar-refractivity contribution is 7.94. The van der Waals surface area contributed by atoms with Crippen LogP contribution in [0.3, 0.4) is 0 Å². The second-order valence-electron chi connectivity index (χ2n) is 4.34. The molecule has 0 bridgehead atoms. The summed E-state index contributed by atoms with van der Waals surface area (Å²) in [6, 6.07) is 6.66. The third-order valence-electron chi connectivity index (χ3n) is 1.95. The monoisotopic (exact) mass is 228 g/mol. The molecule has 0 radical (unpaired) electrons. The number of benzene rings is 1. The van der Waals surface area contributed by atoms with Crippen LogP contribution in [0.5, 0.6) is 0 Å². The van der Waals surface area contributed by atoms with Crippen LogP contribution in [0.4, 0.5) is 11.4 Å². The van der Waals surface area contributed by atoms with Gasteiger partial charge in [0.25, 0.3) is 0 Å². The maximum absolute atomic E-state index is 11.8. The molecule has 0 aliphatic heterocycles. The number of sulfonamides is 1. The van der Waals surface area contributed by atoms with Crippen molar-refractivity contribution in [2.45, 2.75) is 25.5 Å². The van der Waals surface area contributed by atoms with E-state index in [4.69, 9.17) is 5.73 Å². The fourth-order valence-corrected chi connectivity index (χ4v) is 1.65. The van der Waals surface area contributed by atoms with Crippen molar-refractivity contribution in [2.75, 3.05) is 10.5 Å². The van der Waals surface area contributed by atoms with E-state index < -0.39 is 14.8 Å². The van der Waals surface area contributed by atoms with Crippen LogP contribution in [0, 0.1) is 0 Å². The minimum atomic E-state index is -3.37. The van der Waals surface area contributed by atoms with Crippen LogP contribution in [0.25, 0.3) is 0 Å². The Hall–Kier alpha value is -1.23. The van der Waals surface area contributed by atoms with E-state index >= 15 is 0 Å². The minimum Gasteiger partial charge on any atom is -0.399 e. The van der Waals surface area contributed by atoms with E-state index in [2.05, 4.69) is 4.72 Å². The van der Waals surface area contributed by atoms with Crippen molar-refractivity contribution in [3.63, 3.8) is 0 Å². The van der Waals surface area contributed by atoms with E-state index in [-0.39, 0.29) is 0 Å². The lowest BCUT2D eigenvalue weighted by Gasteiger charge is -2.20. The summed E-state index contributed by atoms with van der Waals surface area (Å²) in [6.45, 7) is 4.92. The molecule has 0 amide bonds. The predicted octanol–water partition coefficient (Wildman–Crippen LogP) is 1.81. The molecule has 4 nitrogen and oxygen atoms in total. The Labute approximate surface area is 90.5 Å². The summed E-state index contributed by atoms with van der Waals surface area (Å²) in [6.07, 6.45) is 0. The molecule has 1 aromatic rings. The van der Waals surface area contributed by atoms with Crippen molar-refractivity contribution >= 4 is 21.4 Å². The highest BCUT2D eigenvalue weighted by Gasteiger charge is 2.28. The first-order valence-corrected chi connectivity index (χ1v) is 6.08. The number of nitrogens with two attached hydrogens (primary N) is 1. The zero-order valence-electron chi connectivity index (χ0n) is 9.11. The van der Waals surface area contributed by atoms with Gasteiger partial charge in [0.05, 0.1) is 10.4 Å². The molecule has 0 saturated carbocycles. The fraction of sp³-hybridized carbons (Fsp3) is 0.400. The van der Waals surface area contributed by atoms with Crippen molar-refractivity contribution in [3.8, 4) is 0 Å². The maximum Gasteiger partial charge on any atom is 0.237 e. The number of anilines is 2. The van der Waals surface area contributed by atoms with Crippen LogP contribution >= 0.6 is 0 Å². The van der Waals surface area contributed by atoms with Gasteiger partial charge in [-0.2, -0.15) is 0 Å². The van der Waals surface area contributed by atoms with E-state index in [1.165, 1.54) is 0 Å². The first-order chi connectivity index (χ1) is 6.72. The normalized spacial score (nSPS) is 12.5. The standard InChI is InChI=1S/C10H16N2O2S/c1-10(2,3)15(13,14)12-9-6-4-5-8(11)7-9/h4-7,12H,11H2,1-3H3. The van der Waals surface area contributed by atoms with Crippen LogP contribution in [0.15, 0.2) is 24.3 Å². The summed E-state index contributed by atoms with van der Waals surface area (Å²) in [5.41, 5.74) is 6.57. The van der Waals surface area contributed by atoms with Crippen molar-refractivity contribution in [1.29, 1.82) is 0 Å². The van der Waals surface area contributed by atoms with Gasteiger partial charge in [-0.1, -0.05) is 6.07 Å². The van der Waals surface area contributed by atoms with Gasteiger partial charge in [-0.15, -0.1) is 0 Å². The number of rotatable bonds is 2. The quantitative estimate of drug-likeness (QED) is 0.758. The Balaban J connectivity index is 2.98. The van der Waals surface area contributed by atoms with Crippen molar-refractivity contribution in [1.82, 2.24) is 0 Å². The smallest absolute Gasteiger partial charge is 0.237 e. The first kappa shape index (κ1) is 11.8. The molecule has 0 saturated heterocycles. The Morgan fingerprint density at radius 3 is 2.33 bits per heavy atom. The molecule has 5 heteroatoms. The molecular weight excluding hydrogens is 212 g/mol. The van der Waals surface area contributed by atoms with E-state index in [0.29, 0.717) is 11.4 Å². The highest BCUT2D eigenvalue weighted by atomic mass is 32.2. The van der Waals surface area contributed by atoms with E-state index in [1.807, 2.05) is 0 Å². The van der Waals surface area contributed by atoms with Crippen LogP contribution in [-0.2, 0) is 10.0 Å². The summed E-state index contributed by atoms with van der Waals surface area (Å²) >= 11 is 0. The molecule has 0 aliphatic rings. The molecular formula is C10H16N2O2S. The van der Waals surface area contributed by atoms with E-state index in [0.717, 1.165) is 0 Å². The van der Waals surface area contributed by atoms with Crippen molar-refractivity contribution in [2.24, 2.45) is 0 Å². The van der Waals surface area contributed by atoms with E-state index in [9.17, 15) is 8.42 Å². The molecule has 0 atom stereocenters. The molecule has 1 rings (SSSR count). The summed E-state index contributed by atoms with van der Waals surface area (Å²) in [7, 11) is -3.37. The number of nitrogens with one attached hydrogen (secondary N) is 1. The molecule has 15 heavy (non-hydrogen) atoms. The first-order valence-electron chi connectivity index (χ1n) is 4.60. The Bertz CT molecular complexity index is 447. The van der Waals surface area contributed by atoms with Gasteiger partial charge in [-0.3, -0.25) is 4.72 Å². The molecule has 0 aromatic heterocycles. The van der Waals surface area contributed by atoms with Crippen LogP contribution in [-0.4, -0.2) is 13.2 Å². The Kier molecular flexibility index (Phi) is 2.95. The summed E-state index contributed by atoms with van der Waals surface area (Å²) in [5, 5.41) is 0. The summed E-state index contributed by atoms with van der Waals surface area (Å²) < 4.78 is 25.2. The Morgan fingerprint density at radius 2 is 1.87 bits per heavy atom. The fourth-order valence-electron chi connectivity index (χ4n) is 0.910. The second-order valence-corrected chi connectivity index (χ2v) is 6.78. The third-order valence-corrected chi connectivity index (χ3v) is 4.06. The molecule has 0 fully saturated rings. The largest absolute Gasteiger partial charge is 0.399 e. The molecule has 0 heterocycles. The van der Waals surface area contributed by atoms with E-state index in [1.54, 1.807) is 45.0 Å². The van der Waals surface area contributed by atoms with Gasteiger partial charge >= 0.3 is 0 Å². The maximum atomic E-state index is 11.8. The number of nitrogen functional groups attached to an aromatic ring is 1. The third kappa shape index (κ3) is 2.86. The predicted molar refractivity (Wildman–Crippen MR) is 63.1 cm³/mol. The SMILES string of the molecule is CC(C)(C)S(=O)(=O)Nc1cccc(N)c1. The minimum absolute atomic E-state index is 0.491. The van der Waals surface area contributed by atoms with Crippen molar-refractivity contribution < 1.29 is 8.42 Å². The van der Waals surface area contributed by atoms with Crippen LogP contribution in [0.1, 0.15) is 20.8 Å². The second kappa shape index (κ2) is 3.73.